The monoisotopic (exact) mass is 664 g/mol. The number of methoxy groups -OCH3 is 1. The van der Waals surface area contributed by atoms with E-state index >= 15 is 0 Å². The van der Waals surface area contributed by atoms with Gasteiger partial charge in [-0.15, -0.1) is 0 Å². The number of carbonyl (C=O) groups is 1. The molecule has 0 aliphatic carbocycles. The van der Waals surface area contributed by atoms with E-state index in [0.29, 0.717) is 34.9 Å². The molecule has 0 spiro atoms. The van der Waals surface area contributed by atoms with Crippen molar-refractivity contribution in [3.05, 3.63) is 59.8 Å². The molecule has 4 heterocycles. The van der Waals surface area contributed by atoms with Crippen LogP contribution in [-0.2, 0) is 14.3 Å². The Morgan fingerprint density at radius 2 is 1.85 bits per heavy atom. The third kappa shape index (κ3) is 6.61. The number of anilines is 4. The zero-order valence-corrected chi connectivity index (χ0v) is 29.0. The molecule has 4 aromatic rings. The number of hydrogen-bond donors (Lipinski definition) is 4. The van der Waals surface area contributed by atoms with Crippen LogP contribution >= 0.6 is 8.44 Å². The number of aromatic nitrogens is 4. The highest BCUT2D eigenvalue weighted by molar-refractivity contribution is 8.45. The van der Waals surface area contributed by atoms with Crippen LogP contribution in [-0.4, -0.2) is 72.6 Å². The van der Waals surface area contributed by atoms with Crippen LogP contribution in [0, 0.1) is 6.92 Å². The highest BCUT2D eigenvalue weighted by Crippen LogP contribution is 2.39. The number of thiol groups is 1. The molecule has 0 saturated carbocycles. The number of piperidine rings is 2. The summed E-state index contributed by atoms with van der Waals surface area (Å²) in [7, 11) is 1.52. The van der Waals surface area contributed by atoms with Gasteiger partial charge in [-0.05, 0) is 80.5 Å². The van der Waals surface area contributed by atoms with Gasteiger partial charge in [0.1, 0.15) is 5.75 Å². The third-order valence-electron chi connectivity index (χ3n) is 9.24. The molecule has 0 radical (unpaired) electrons. The van der Waals surface area contributed by atoms with E-state index in [2.05, 4.69) is 48.5 Å². The summed E-state index contributed by atoms with van der Waals surface area (Å²) in [6, 6.07) is 13.6. The molecule has 2 aliphatic rings. The summed E-state index contributed by atoms with van der Waals surface area (Å²) in [4.78, 5) is 25.3. The fraction of sp³-hybridized carbons (Fsp3) is 0.455. The van der Waals surface area contributed by atoms with Crippen LogP contribution in [0.1, 0.15) is 63.0 Å². The van der Waals surface area contributed by atoms with Crippen molar-refractivity contribution in [3.8, 4) is 5.75 Å². The zero-order chi connectivity index (χ0) is 32.4. The zero-order valence-electron chi connectivity index (χ0n) is 27.0. The number of nitrogens with zero attached hydrogens (tertiary/aromatic N) is 5. The molecule has 3 N–H and O–H groups in total. The largest absolute Gasteiger partial charge is 0.495 e. The normalized spacial score (nSPS) is 18.1. The Kier molecular flexibility index (Phi) is 9.59. The van der Waals surface area contributed by atoms with Gasteiger partial charge in [0.25, 0.3) is 0 Å². The Bertz CT molecular complexity index is 1770. The summed E-state index contributed by atoms with van der Waals surface area (Å²) in [5.74, 6) is 2.11. The standard InChI is InChI=1S/C33H45N8O3PS/c1-21(2)46(43,45)29-11-6-5-9-25(29)37-33-39-32(38-30-12-16-35-41(30)33)36-27-19-22(3)24(20-28(27)44-4)23-13-17-40(18-14-23)31(42)26-10-7-8-15-34-26/h5-6,9,11-12,16,19-21,23,26,34,46H,7-8,10,13-15,17-18,45H2,1-4H3,(H2,36,37,38,39). The Morgan fingerprint density at radius 1 is 1.07 bits per heavy atom. The van der Waals surface area contributed by atoms with E-state index in [9.17, 15) is 9.00 Å². The first-order valence-corrected chi connectivity index (χ1v) is 19.5. The molecule has 246 valence electrons. The second-order valence-corrected chi connectivity index (χ2v) is 17.8. The lowest BCUT2D eigenvalue weighted by atomic mass is 9.86. The van der Waals surface area contributed by atoms with Gasteiger partial charge in [0.05, 0.1) is 30.7 Å². The minimum Gasteiger partial charge on any atom is -0.495 e. The molecule has 2 aromatic carbocycles. The maximum absolute atomic E-state index is 13.6. The Hall–Kier alpha value is -3.60. The van der Waals surface area contributed by atoms with Crippen LogP contribution in [0.15, 0.2) is 53.6 Å². The van der Waals surface area contributed by atoms with Gasteiger partial charge >= 0.3 is 0 Å². The first-order valence-electron chi connectivity index (χ1n) is 16.1. The summed E-state index contributed by atoms with van der Waals surface area (Å²) in [6.07, 6.45) is 6.72. The average Bonchev–Trinajstić information content (AvgIpc) is 3.54. The van der Waals surface area contributed by atoms with E-state index in [-0.39, 0.29) is 17.2 Å². The number of rotatable bonds is 9. The first-order chi connectivity index (χ1) is 22.2. The second-order valence-electron chi connectivity index (χ2n) is 12.6. The number of ether oxygens (including phenoxy) is 1. The molecular formula is C33H45N8O3PS. The van der Waals surface area contributed by atoms with Crippen LogP contribution in [0.25, 0.3) is 5.65 Å². The minimum absolute atomic E-state index is 0.0284. The number of hydrogen-bond acceptors (Lipinski definition) is 9. The number of para-hydroxylation sites is 1. The van der Waals surface area contributed by atoms with Crippen molar-refractivity contribution < 1.29 is 13.7 Å². The van der Waals surface area contributed by atoms with Gasteiger partial charge in [-0.2, -0.15) is 19.6 Å². The van der Waals surface area contributed by atoms with Gasteiger partial charge in [0, 0.05) is 29.3 Å². The van der Waals surface area contributed by atoms with E-state index in [4.69, 9.17) is 14.7 Å². The molecule has 2 saturated heterocycles. The van der Waals surface area contributed by atoms with Gasteiger partial charge < -0.3 is 25.6 Å². The van der Waals surface area contributed by atoms with E-state index in [0.717, 1.165) is 67.9 Å². The topological polar surface area (TPSA) is 126 Å². The molecule has 2 atom stereocenters. The molecule has 46 heavy (non-hydrogen) atoms. The molecule has 2 aliphatic heterocycles. The average molecular weight is 665 g/mol. The fourth-order valence-electron chi connectivity index (χ4n) is 6.47. The van der Waals surface area contributed by atoms with Crippen LogP contribution in [0.2, 0.25) is 0 Å². The number of carbonyl (C=O) groups excluding carboxylic acids is 1. The molecule has 11 nitrogen and oxygen atoms in total. The number of fused-ring (bicyclic) bond motifs is 1. The SMILES string of the molecule is COc1cc(C2CCN(C(=O)C3CCCCN3)CC2)c(C)cc1Nc1nc(Nc2ccccc2[SH](=O)(P)C(C)C)n2nccc2n1. The maximum Gasteiger partial charge on any atom is 0.239 e. The van der Waals surface area contributed by atoms with Crippen LogP contribution in [0.4, 0.5) is 23.3 Å². The smallest absolute Gasteiger partial charge is 0.239 e. The van der Waals surface area contributed by atoms with E-state index in [1.54, 1.807) is 17.8 Å². The van der Waals surface area contributed by atoms with Crippen LogP contribution in [0.5, 0.6) is 5.75 Å². The van der Waals surface area contributed by atoms with Crippen LogP contribution in [0.3, 0.4) is 0 Å². The number of amides is 1. The molecule has 2 unspecified atom stereocenters. The van der Waals surface area contributed by atoms with Crippen molar-refractivity contribution in [1.29, 1.82) is 0 Å². The predicted octanol–water partition coefficient (Wildman–Crippen LogP) is 5.35. The quantitative estimate of drug-likeness (QED) is 0.138. The van der Waals surface area contributed by atoms with Gasteiger partial charge in [-0.1, -0.05) is 50.4 Å². The maximum atomic E-state index is 13.6. The Balaban J connectivity index is 1.22. The number of aryl methyl sites for hydroxylation is 1. The summed E-state index contributed by atoms with van der Waals surface area (Å²) in [5, 5.41) is 14.5. The van der Waals surface area contributed by atoms with Crippen molar-refractivity contribution in [2.45, 2.75) is 75.0 Å². The lowest BCUT2D eigenvalue weighted by Crippen LogP contribution is -2.50. The molecule has 0 bridgehead atoms. The summed E-state index contributed by atoms with van der Waals surface area (Å²) >= 11 is 0. The number of nitrogens with one attached hydrogen (secondary N) is 3. The third-order valence-corrected chi connectivity index (χ3v) is 14.5. The number of likely N-dealkylation sites (tertiary alicyclic amines) is 1. The molecule has 2 fully saturated rings. The number of benzene rings is 2. The first kappa shape index (κ1) is 32.3. The molecule has 13 heteroatoms. The van der Waals surface area contributed by atoms with Crippen LogP contribution < -0.4 is 20.7 Å². The van der Waals surface area contributed by atoms with Crippen molar-refractivity contribution in [1.82, 2.24) is 29.8 Å². The second kappa shape index (κ2) is 13.6. The van der Waals surface area contributed by atoms with Gasteiger partial charge in [-0.25, -0.2) is 0 Å². The van der Waals surface area contributed by atoms with E-state index < -0.39 is 9.55 Å². The molecule has 2 aromatic heterocycles. The van der Waals surface area contributed by atoms with Gasteiger partial charge in [0.15, 0.2) is 5.65 Å². The van der Waals surface area contributed by atoms with Gasteiger partial charge in [0.2, 0.25) is 17.8 Å². The van der Waals surface area contributed by atoms with E-state index in [1.165, 1.54) is 5.56 Å². The van der Waals surface area contributed by atoms with Crippen molar-refractivity contribution >= 4 is 52.8 Å². The molecule has 6 rings (SSSR count). The van der Waals surface area contributed by atoms with E-state index in [1.807, 2.05) is 49.1 Å². The Labute approximate surface area is 273 Å². The predicted molar refractivity (Wildman–Crippen MR) is 188 cm³/mol. The van der Waals surface area contributed by atoms with Crippen molar-refractivity contribution in [2.75, 3.05) is 37.4 Å². The summed E-state index contributed by atoms with van der Waals surface area (Å²) in [5.41, 5.74) is 4.45. The van der Waals surface area contributed by atoms with Gasteiger partial charge in [-0.3, -0.25) is 9.00 Å². The fourth-order valence-corrected chi connectivity index (χ4v) is 8.53. The molecule has 1 amide bonds. The lowest BCUT2D eigenvalue weighted by molar-refractivity contribution is -0.135. The highest BCUT2D eigenvalue weighted by Gasteiger charge is 2.30. The minimum atomic E-state index is -2.73. The lowest BCUT2D eigenvalue weighted by Gasteiger charge is -2.36. The van der Waals surface area contributed by atoms with Crippen molar-refractivity contribution in [2.24, 2.45) is 0 Å². The summed E-state index contributed by atoms with van der Waals surface area (Å²) < 4.78 is 21.1. The Morgan fingerprint density at radius 3 is 2.57 bits per heavy atom. The highest BCUT2D eigenvalue weighted by atomic mass is 32.8. The van der Waals surface area contributed by atoms with Crippen molar-refractivity contribution in [3.63, 3.8) is 0 Å². The summed E-state index contributed by atoms with van der Waals surface area (Å²) in [6.45, 7) is 8.51. The molecular weight excluding hydrogens is 619 g/mol.